The maximum atomic E-state index is 14.0. The fraction of sp³-hybridized carbons (Fsp3) is 0.400. The third-order valence-electron chi connectivity index (χ3n) is 3.45. The average molecular weight is 275 g/mol. The highest BCUT2D eigenvalue weighted by atomic mass is 19.1. The lowest BCUT2D eigenvalue weighted by molar-refractivity contribution is -0.122. The molecule has 1 saturated heterocycles. The Morgan fingerprint density at radius 2 is 2.30 bits per heavy atom. The lowest BCUT2D eigenvalue weighted by Crippen LogP contribution is -2.39. The standard InChI is InChI=1S/C15H18FN3O/c16-13-9-11(3-1-7-17)5-6-12(13)10-19-8-2-4-14(19)15(18)20/h5-6,9,14H,2,4,7-8,10,17H2,(H2,18,20). The van der Waals surface area contributed by atoms with Crippen molar-refractivity contribution in [1.29, 1.82) is 0 Å². The number of hydrogen-bond donors (Lipinski definition) is 2. The molecule has 0 saturated carbocycles. The molecule has 0 aliphatic carbocycles. The van der Waals surface area contributed by atoms with Crippen LogP contribution in [-0.2, 0) is 11.3 Å². The summed E-state index contributed by atoms with van der Waals surface area (Å²) in [5, 5.41) is 0. The average Bonchev–Trinajstić information content (AvgIpc) is 2.87. The second-order valence-electron chi connectivity index (χ2n) is 4.84. The molecule has 1 aromatic rings. The van der Waals surface area contributed by atoms with Crippen molar-refractivity contribution in [2.45, 2.75) is 25.4 Å². The van der Waals surface area contributed by atoms with Crippen LogP contribution in [-0.4, -0.2) is 29.9 Å². The molecule has 0 bridgehead atoms. The van der Waals surface area contributed by atoms with Crippen molar-refractivity contribution in [2.75, 3.05) is 13.1 Å². The van der Waals surface area contributed by atoms with Crippen molar-refractivity contribution < 1.29 is 9.18 Å². The van der Waals surface area contributed by atoms with Crippen molar-refractivity contribution in [1.82, 2.24) is 4.90 Å². The molecule has 1 aromatic carbocycles. The smallest absolute Gasteiger partial charge is 0.234 e. The molecule has 1 aliphatic rings. The Kier molecular flexibility index (Phi) is 4.72. The topological polar surface area (TPSA) is 72.3 Å². The van der Waals surface area contributed by atoms with Crippen LogP contribution in [0.3, 0.4) is 0 Å². The van der Waals surface area contributed by atoms with Crippen LogP contribution in [0.5, 0.6) is 0 Å². The van der Waals surface area contributed by atoms with Crippen LogP contribution in [0.1, 0.15) is 24.0 Å². The van der Waals surface area contributed by atoms with E-state index in [0.717, 1.165) is 19.4 Å². The van der Waals surface area contributed by atoms with E-state index >= 15 is 0 Å². The Morgan fingerprint density at radius 1 is 1.50 bits per heavy atom. The summed E-state index contributed by atoms with van der Waals surface area (Å²) in [6, 6.07) is 4.57. The Morgan fingerprint density at radius 3 is 2.95 bits per heavy atom. The van der Waals surface area contributed by atoms with Crippen molar-refractivity contribution >= 4 is 5.91 Å². The summed E-state index contributed by atoms with van der Waals surface area (Å²) in [6.07, 6.45) is 1.66. The molecule has 1 amide bonds. The predicted octanol–water partition coefficient (Wildman–Crippen LogP) is 0.586. The van der Waals surface area contributed by atoms with E-state index in [0.29, 0.717) is 17.7 Å². The molecule has 1 unspecified atom stereocenters. The molecule has 20 heavy (non-hydrogen) atoms. The van der Waals surface area contributed by atoms with E-state index in [2.05, 4.69) is 11.8 Å². The van der Waals surface area contributed by atoms with E-state index in [9.17, 15) is 9.18 Å². The summed E-state index contributed by atoms with van der Waals surface area (Å²) >= 11 is 0. The monoisotopic (exact) mass is 275 g/mol. The molecule has 1 heterocycles. The SMILES string of the molecule is NCC#Cc1ccc(CN2CCCC2C(N)=O)c(F)c1. The molecule has 106 valence electrons. The molecular formula is C15H18FN3O. The van der Waals surface area contributed by atoms with Gasteiger partial charge in [0, 0.05) is 17.7 Å². The third kappa shape index (κ3) is 3.35. The van der Waals surface area contributed by atoms with Gasteiger partial charge in [-0.25, -0.2) is 4.39 Å². The third-order valence-corrected chi connectivity index (χ3v) is 3.45. The fourth-order valence-corrected chi connectivity index (χ4v) is 2.46. The van der Waals surface area contributed by atoms with Gasteiger partial charge in [0.25, 0.3) is 0 Å². The van der Waals surface area contributed by atoms with Crippen molar-refractivity contribution in [3.63, 3.8) is 0 Å². The van der Waals surface area contributed by atoms with Crippen LogP contribution in [0.25, 0.3) is 0 Å². The summed E-state index contributed by atoms with van der Waals surface area (Å²) in [6.45, 7) is 1.41. The molecule has 2 rings (SSSR count). The van der Waals surface area contributed by atoms with Crippen molar-refractivity contribution in [3.8, 4) is 11.8 Å². The molecule has 1 atom stereocenters. The summed E-state index contributed by atoms with van der Waals surface area (Å²) in [5.74, 6) is 4.82. The lowest BCUT2D eigenvalue weighted by atomic mass is 10.1. The molecule has 0 radical (unpaired) electrons. The zero-order valence-electron chi connectivity index (χ0n) is 11.2. The first-order valence-electron chi connectivity index (χ1n) is 6.62. The molecule has 4 N–H and O–H groups in total. The van der Waals surface area contributed by atoms with Gasteiger partial charge >= 0.3 is 0 Å². The van der Waals surface area contributed by atoms with Crippen LogP contribution in [0, 0.1) is 17.7 Å². The number of rotatable bonds is 3. The minimum atomic E-state index is -0.339. The first-order valence-corrected chi connectivity index (χ1v) is 6.62. The Balaban J connectivity index is 2.12. The lowest BCUT2D eigenvalue weighted by Gasteiger charge is -2.22. The van der Waals surface area contributed by atoms with E-state index in [4.69, 9.17) is 11.5 Å². The number of amides is 1. The van der Waals surface area contributed by atoms with Gasteiger partial charge < -0.3 is 11.5 Å². The van der Waals surface area contributed by atoms with E-state index in [1.165, 1.54) is 6.07 Å². The van der Waals surface area contributed by atoms with Gasteiger partial charge in [0.05, 0.1) is 12.6 Å². The van der Waals surface area contributed by atoms with Crippen LogP contribution < -0.4 is 11.5 Å². The Bertz CT molecular complexity index is 562. The number of carbonyl (C=O) groups is 1. The van der Waals surface area contributed by atoms with E-state index in [-0.39, 0.29) is 24.3 Å². The van der Waals surface area contributed by atoms with Gasteiger partial charge in [0.2, 0.25) is 5.91 Å². The number of likely N-dealkylation sites (tertiary alicyclic amines) is 1. The molecule has 4 nitrogen and oxygen atoms in total. The van der Waals surface area contributed by atoms with Crippen LogP contribution >= 0.6 is 0 Å². The van der Waals surface area contributed by atoms with Gasteiger partial charge in [-0.1, -0.05) is 17.9 Å². The fourth-order valence-electron chi connectivity index (χ4n) is 2.46. The van der Waals surface area contributed by atoms with Crippen LogP contribution in [0.15, 0.2) is 18.2 Å². The number of halogens is 1. The van der Waals surface area contributed by atoms with Gasteiger partial charge in [0.15, 0.2) is 0 Å². The van der Waals surface area contributed by atoms with Crippen molar-refractivity contribution in [3.05, 3.63) is 35.1 Å². The predicted molar refractivity (Wildman–Crippen MR) is 75.0 cm³/mol. The van der Waals surface area contributed by atoms with Gasteiger partial charge in [0.1, 0.15) is 5.82 Å². The van der Waals surface area contributed by atoms with Crippen LogP contribution in [0.2, 0.25) is 0 Å². The van der Waals surface area contributed by atoms with E-state index in [1.807, 2.05) is 4.90 Å². The highest BCUT2D eigenvalue weighted by Crippen LogP contribution is 2.21. The molecule has 0 spiro atoms. The van der Waals surface area contributed by atoms with Crippen LogP contribution in [0.4, 0.5) is 4.39 Å². The first kappa shape index (κ1) is 14.5. The zero-order chi connectivity index (χ0) is 14.5. The maximum Gasteiger partial charge on any atom is 0.234 e. The number of nitrogens with two attached hydrogens (primary N) is 2. The molecule has 5 heteroatoms. The molecule has 1 aliphatic heterocycles. The first-order chi connectivity index (χ1) is 9.61. The quantitative estimate of drug-likeness (QED) is 0.793. The zero-order valence-corrected chi connectivity index (χ0v) is 11.2. The van der Waals surface area contributed by atoms with Crippen molar-refractivity contribution in [2.24, 2.45) is 11.5 Å². The molecule has 0 aromatic heterocycles. The highest BCUT2D eigenvalue weighted by molar-refractivity contribution is 5.80. The summed E-state index contributed by atoms with van der Waals surface area (Å²) in [4.78, 5) is 13.2. The minimum Gasteiger partial charge on any atom is -0.368 e. The minimum absolute atomic E-state index is 0.247. The normalized spacial score (nSPS) is 18.6. The maximum absolute atomic E-state index is 14.0. The molecule has 1 fully saturated rings. The molecular weight excluding hydrogens is 257 g/mol. The number of nitrogens with zero attached hydrogens (tertiary/aromatic N) is 1. The van der Waals surface area contributed by atoms with Gasteiger partial charge in [-0.2, -0.15) is 0 Å². The summed E-state index contributed by atoms with van der Waals surface area (Å²) in [7, 11) is 0. The highest BCUT2D eigenvalue weighted by Gasteiger charge is 2.29. The summed E-state index contributed by atoms with van der Waals surface area (Å²) < 4.78 is 14.0. The second kappa shape index (κ2) is 6.51. The number of benzene rings is 1. The van der Waals surface area contributed by atoms with E-state index in [1.54, 1.807) is 12.1 Å². The summed E-state index contributed by atoms with van der Waals surface area (Å²) in [5.41, 5.74) is 11.8. The van der Waals surface area contributed by atoms with Gasteiger partial charge in [-0.05, 0) is 31.5 Å². The van der Waals surface area contributed by atoms with Gasteiger partial charge in [-0.15, -0.1) is 0 Å². The number of primary amides is 1. The second-order valence-corrected chi connectivity index (χ2v) is 4.84. The largest absolute Gasteiger partial charge is 0.368 e. The number of hydrogen-bond acceptors (Lipinski definition) is 3. The number of carbonyl (C=O) groups excluding carboxylic acids is 1. The Hall–Kier alpha value is -1.90. The van der Waals surface area contributed by atoms with E-state index < -0.39 is 0 Å². The Labute approximate surface area is 117 Å². The van der Waals surface area contributed by atoms with Gasteiger partial charge in [-0.3, -0.25) is 9.69 Å².